The van der Waals surface area contributed by atoms with Crippen LogP contribution in [0.4, 0.5) is 0 Å². The standard InChI is InChI=1S/C30H34BrClN2O3/c1-4-16-33-30(36)27(17-22-8-6-5-7-9-22)34(19-23-10-13-25(32)14-11-23)29(35)20-37-28-15-12-24(21(2)3)18-26(28)31/h5-15,18,21,27H,4,16-17,19-20H2,1-3H3,(H,33,36)/t27-/m0/s1. The first kappa shape index (κ1) is 28.7. The third kappa shape index (κ3) is 8.61. The molecule has 0 spiro atoms. The molecule has 3 aromatic rings. The van der Waals surface area contributed by atoms with Crippen LogP contribution in [0.2, 0.25) is 5.02 Å². The zero-order valence-corrected chi connectivity index (χ0v) is 23.9. The Bertz CT molecular complexity index is 1170. The first-order valence-corrected chi connectivity index (χ1v) is 13.7. The Kier molecular flexibility index (Phi) is 11.0. The van der Waals surface area contributed by atoms with Crippen LogP contribution in [0.5, 0.6) is 5.75 Å². The van der Waals surface area contributed by atoms with Crippen molar-refractivity contribution in [3.05, 3.63) is 99.0 Å². The van der Waals surface area contributed by atoms with Gasteiger partial charge in [0.2, 0.25) is 5.91 Å². The molecule has 0 fully saturated rings. The number of carbonyl (C=O) groups is 2. The Morgan fingerprint density at radius 3 is 2.32 bits per heavy atom. The van der Waals surface area contributed by atoms with Gasteiger partial charge in [-0.3, -0.25) is 9.59 Å². The summed E-state index contributed by atoms with van der Waals surface area (Å²) in [7, 11) is 0. The van der Waals surface area contributed by atoms with Crippen LogP contribution in [0.25, 0.3) is 0 Å². The zero-order chi connectivity index (χ0) is 26.8. The number of rotatable bonds is 12. The minimum Gasteiger partial charge on any atom is -0.483 e. The second kappa shape index (κ2) is 14.2. The monoisotopic (exact) mass is 584 g/mol. The molecule has 0 unspecified atom stereocenters. The van der Waals surface area contributed by atoms with Gasteiger partial charge in [-0.15, -0.1) is 0 Å². The number of ether oxygens (including phenoxy) is 1. The highest BCUT2D eigenvalue weighted by atomic mass is 79.9. The lowest BCUT2D eigenvalue weighted by molar-refractivity contribution is -0.142. The van der Waals surface area contributed by atoms with Gasteiger partial charge in [0.15, 0.2) is 6.61 Å². The summed E-state index contributed by atoms with van der Waals surface area (Å²) in [6, 6.07) is 22.2. The fourth-order valence-corrected chi connectivity index (χ4v) is 4.56. The molecule has 0 heterocycles. The van der Waals surface area contributed by atoms with Crippen molar-refractivity contribution in [3.63, 3.8) is 0 Å². The Hall–Kier alpha value is -2.83. The summed E-state index contributed by atoms with van der Waals surface area (Å²) in [5.41, 5.74) is 3.02. The Morgan fingerprint density at radius 2 is 1.70 bits per heavy atom. The lowest BCUT2D eigenvalue weighted by Gasteiger charge is -2.31. The highest BCUT2D eigenvalue weighted by molar-refractivity contribution is 9.10. The first-order chi connectivity index (χ1) is 17.8. The Labute approximate surface area is 233 Å². The minimum absolute atomic E-state index is 0.185. The summed E-state index contributed by atoms with van der Waals surface area (Å²) in [5, 5.41) is 3.59. The molecule has 2 amide bonds. The topological polar surface area (TPSA) is 58.6 Å². The van der Waals surface area contributed by atoms with E-state index in [0.29, 0.717) is 29.7 Å². The van der Waals surface area contributed by atoms with Gasteiger partial charge in [0.05, 0.1) is 4.47 Å². The largest absolute Gasteiger partial charge is 0.483 e. The van der Waals surface area contributed by atoms with E-state index in [1.165, 1.54) is 5.56 Å². The third-order valence-electron chi connectivity index (χ3n) is 6.06. The number of hydrogen-bond acceptors (Lipinski definition) is 3. The molecular formula is C30H34BrClN2O3. The van der Waals surface area contributed by atoms with Crippen LogP contribution >= 0.6 is 27.5 Å². The van der Waals surface area contributed by atoms with Gasteiger partial charge in [0.1, 0.15) is 11.8 Å². The maximum Gasteiger partial charge on any atom is 0.261 e. The van der Waals surface area contributed by atoms with E-state index in [0.717, 1.165) is 22.0 Å². The fourth-order valence-electron chi connectivity index (χ4n) is 3.92. The molecule has 0 radical (unpaired) electrons. The molecule has 0 aromatic heterocycles. The van der Waals surface area contributed by atoms with E-state index in [9.17, 15) is 9.59 Å². The highest BCUT2D eigenvalue weighted by Gasteiger charge is 2.30. The molecule has 3 aromatic carbocycles. The predicted molar refractivity (Wildman–Crippen MR) is 153 cm³/mol. The molecule has 0 aliphatic rings. The van der Waals surface area contributed by atoms with Crippen molar-refractivity contribution in [2.24, 2.45) is 0 Å². The van der Waals surface area contributed by atoms with E-state index >= 15 is 0 Å². The summed E-state index contributed by atoms with van der Waals surface area (Å²) in [6.45, 7) is 6.84. The molecule has 5 nitrogen and oxygen atoms in total. The molecule has 0 bridgehead atoms. The van der Waals surface area contributed by atoms with Crippen LogP contribution in [-0.4, -0.2) is 35.9 Å². The number of halogens is 2. The summed E-state index contributed by atoms with van der Waals surface area (Å²) < 4.78 is 6.73. The van der Waals surface area contributed by atoms with Crippen molar-refractivity contribution in [2.75, 3.05) is 13.2 Å². The molecule has 3 rings (SSSR count). The normalized spacial score (nSPS) is 11.7. The SMILES string of the molecule is CCCNC(=O)[C@H](Cc1ccccc1)N(Cc1ccc(Cl)cc1)C(=O)COc1ccc(C(C)C)cc1Br. The Balaban J connectivity index is 1.88. The van der Waals surface area contributed by atoms with E-state index in [1.54, 1.807) is 17.0 Å². The second-order valence-corrected chi connectivity index (χ2v) is 10.6. The number of amides is 2. The van der Waals surface area contributed by atoms with Crippen LogP contribution in [-0.2, 0) is 22.6 Å². The molecule has 7 heteroatoms. The van der Waals surface area contributed by atoms with Crippen molar-refractivity contribution < 1.29 is 14.3 Å². The highest BCUT2D eigenvalue weighted by Crippen LogP contribution is 2.29. The van der Waals surface area contributed by atoms with Crippen molar-refractivity contribution >= 4 is 39.3 Å². The smallest absolute Gasteiger partial charge is 0.261 e. The first-order valence-electron chi connectivity index (χ1n) is 12.6. The fraction of sp³-hybridized carbons (Fsp3) is 0.333. The van der Waals surface area contributed by atoms with Crippen molar-refractivity contribution in [1.29, 1.82) is 0 Å². The molecule has 37 heavy (non-hydrogen) atoms. The minimum atomic E-state index is -0.701. The predicted octanol–water partition coefficient (Wildman–Crippen LogP) is 6.77. The number of benzene rings is 3. The van der Waals surface area contributed by atoms with Crippen LogP contribution < -0.4 is 10.1 Å². The van der Waals surface area contributed by atoms with E-state index in [-0.39, 0.29) is 25.0 Å². The van der Waals surface area contributed by atoms with Gasteiger partial charge in [-0.1, -0.05) is 80.9 Å². The van der Waals surface area contributed by atoms with Gasteiger partial charge in [-0.25, -0.2) is 0 Å². The Morgan fingerprint density at radius 1 is 1.00 bits per heavy atom. The average molecular weight is 586 g/mol. The molecule has 0 saturated heterocycles. The van der Waals surface area contributed by atoms with Crippen LogP contribution in [0.1, 0.15) is 49.8 Å². The molecular weight excluding hydrogens is 552 g/mol. The number of carbonyl (C=O) groups excluding carboxylic acids is 2. The van der Waals surface area contributed by atoms with Gasteiger partial charge in [-0.2, -0.15) is 0 Å². The quantitative estimate of drug-likeness (QED) is 0.255. The average Bonchev–Trinajstić information content (AvgIpc) is 2.90. The van der Waals surface area contributed by atoms with E-state index in [2.05, 4.69) is 35.1 Å². The van der Waals surface area contributed by atoms with Crippen LogP contribution in [0.3, 0.4) is 0 Å². The van der Waals surface area contributed by atoms with E-state index in [4.69, 9.17) is 16.3 Å². The maximum absolute atomic E-state index is 13.7. The summed E-state index contributed by atoms with van der Waals surface area (Å²) in [4.78, 5) is 28.6. The summed E-state index contributed by atoms with van der Waals surface area (Å²) in [5.74, 6) is 0.499. The van der Waals surface area contributed by atoms with Gasteiger partial charge >= 0.3 is 0 Å². The lowest BCUT2D eigenvalue weighted by Crippen LogP contribution is -2.51. The molecule has 1 N–H and O–H groups in total. The molecule has 1 atom stereocenters. The molecule has 196 valence electrons. The lowest BCUT2D eigenvalue weighted by atomic mass is 10.0. The number of hydrogen-bond donors (Lipinski definition) is 1. The molecule has 0 aliphatic carbocycles. The van der Waals surface area contributed by atoms with Gasteiger partial charge in [0, 0.05) is 24.5 Å². The van der Waals surface area contributed by atoms with Crippen LogP contribution in [0.15, 0.2) is 77.3 Å². The zero-order valence-electron chi connectivity index (χ0n) is 21.5. The van der Waals surface area contributed by atoms with Crippen molar-refractivity contribution in [1.82, 2.24) is 10.2 Å². The third-order valence-corrected chi connectivity index (χ3v) is 6.93. The van der Waals surface area contributed by atoms with Gasteiger partial charge in [0.25, 0.3) is 5.91 Å². The van der Waals surface area contributed by atoms with Gasteiger partial charge in [-0.05, 0) is 69.2 Å². The van der Waals surface area contributed by atoms with Gasteiger partial charge < -0.3 is 15.0 Å². The number of nitrogens with zero attached hydrogens (tertiary/aromatic N) is 1. The van der Waals surface area contributed by atoms with Crippen molar-refractivity contribution in [2.45, 2.75) is 52.1 Å². The summed E-state index contributed by atoms with van der Waals surface area (Å²) in [6.07, 6.45) is 1.20. The van der Waals surface area contributed by atoms with E-state index < -0.39 is 6.04 Å². The maximum atomic E-state index is 13.7. The van der Waals surface area contributed by atoms with E-state index in [1.807, 2.05) is 67.6 Å². The number of nitrogens with one attached hydrogen (secondary N) is 1. The molecule has 0 aliphatic heterocycles. The summed E-state index contributed by atoms with van der Waals surface area (Å²) >= 11 is 9.64. The second-order valence-electron chi connectivity index (χ2n) is 9.28. The van der Waals surface area contributed by atoms with Crippen LogP contribution in [0, 0.1) is 0 Å². The molecule has 0 saturated carbocycles. The van der Waals surface area contributed by atoms with Crippen molar-refractivity contribution in [3.8, 4) is 5.75 Å².